The molecule has 1 aliphatic heterocycles. The van der Waals surface area contributed by atoms with Crippen molar-refractivity contribution in [2.75, 3.05) is 13.2 Å². The molecule has 1 atom stereocenters. The van der Waals surface area contributed by atoms with Gasteiger partial charge in [0.15, 0.2) is 0 Å². The van der Waals surface area contributed by atoms with Gasteiger partial charge in [0.25, 0.3) is 5.92 Å². The van der Waals surface area contributed by atoms with Gasteiger partial charge in [-0.05, 0) is 25.0 Å². The van der Waals surface area contributed by atoms with E-state index in [4.69, 9.17) is 9.84 Å². The summed E-state index contributed by atoms with van der Waals surface area (Å²) < 4.78 is 33.8. The Hall–Kier alpha value is -2.74. The fourth-order valence-corrected chi connectivity index (χ4v) is 4.21. The fraction of sp³-hybridized carbons (Fsp3) is 0.364. The Bertz CT molecular complexity index is 898. The number of thiophene rings is 1. The summed E-state index contributed by atoms with van der Waals surface area (Å²) in [5, 5.41) is 8.99. The molecule has 1 aliphatic rings. The number of carbonyl (C=O) groups excluding carboxylic acids is 1. The van der Waals surface area contributed by atoms with Gasteiger partial charge in [-0.3, -0.25) is 0 Å². The Morgan fingerprint density at radius 3 is 2.73 bits per heavy atom. The fourth-order valence-electron chi connectivity index (χ4n) is 3.32. The van der Waals surface area contributed by atoms with Crippen LogP contribution in [0.3, 0.4) is 0 Å². The first-order valence-corrected chi connectivity index (χ1v) is 10.5. The second-order valence-electron chi connectivity index (χ2n) is 7.04. The largest absolute Gasteiger partial charge is 0.477 e. The van der Waals surface area contributed by atoms with Crippen LogP contribution in [0.4, 0.5) is 13.6 Å². The number of nitrogens with zero attached hydrogens (tertiary/aromatic N) is 1. The number of hydrogen-bond donors (Lipinski definition) is 1. The lowest BCUT2D eigenvalue weighted by Gasteiger charge is -2.33. The van der Waals surface area contributed by atoms with Crippen molar-refractivity contribution in [3.05, 3.63) is 69.9 Å². The molecule has 0 aliphatic carbocycles. The van der Waals surface area contributed by atoms with Crippen molar-refractivity contribution in [1.29, 1.82) is 0 Å². The van der Waals surface area contributed by atoms with Gasteiger partial charge < -0.3 is 14.7 Å². The van der Waals surface area contributed by atoms with Gasteiger partial charge in [0.05, 0.1) is 12.6 Å². The third kappa shape index (κ3) is 5.66. The molecule has 8 heteroatoms. The third-order valence-electron chi connectivity index (χ3n) is 4.90. The van der Waals surface area contributed by atoms with E-state index in [-0.39, 0.29) is 23.1 Å². The molecule has 1 fully saturated rings. The van der Waals surface area contributed by atoms with E-state index < -0.39 is 24.4 Å². The van der Waals surface area contributed by atoms with E-state index in [1.807, 2.05) is 0 Å². The van der Waals surface area contributed by atoms with Crippen LogP contribution in [0.2, 0.25) is 0 Å². The highest BCUT2D eigenvalue weighted by atomic mass is 32.1. The summed E-state index contributed by atoms with van der Waals surface area (Å²) in [5.74, 6) is -3.93. The number of hydrogen-bond acceptors (Lipinski definition) is 4. The quantitative estimate of drug-likeness (QED) is 0.541. The van der Waals surface area contributed by atoms with Gasteiger partial charge in [-0.25, -0.2) is 18.4 Å². The SMILES string of the molecule is O=C(O)c1ccc(CCCN2C(=O)OCCC2/C=C/CC(F)(F)c2ccccc2)s1. The molecule has 5 nitrogen and oxygen atoms in total. The molecule has 1 N–H and O–H groups in total. The number of carboxylic acid groups (broad SMARTS) is 1. The minimum Gasteiger partial charge on any atom is -0.477 e. The molecule has 1 saturated heterocycles. The second-order valence-corrected chi connectivity index (χ2v) is 8.21. The molecular formula is C22H23F2NO4S. The number of rotatable bonds is 9. The van der Waals surface area contributed by atoms with E-state index in [0.717, 1.165) is 4.88 Å². The van der Waals surface area contributed by atoms with Crippen molar-refractivity contribution in [3.63, 3.8) is 0 Å². The molecule has 1 aromatic carbocycles. The van der Waals surface area contributed by atoms with Gasteiger partial charge in [0, 0.05) is 29.8 Å². The molecule has 160 valence electrons. The van der Waals surface area contributed by atoms with Gasteiger partial charge in [0.1, 0.15) is 4.88 Å². The minimum atomic E-state index is -2.97. The Morgan fingerprint density at radius 1 is 1.27 bits per heavy atom. The molecule has 1 unspecified atom stereocenters. The number of aryl methyl sites for hydroxylation is 1. The van der Waals surface area contributed by atoms with Crippen LogP contribution < -0.4 is 0 Å². The van der Waals surface area contributed by atoms with Gasteiger partial charge in [-0.2, -0.15) is 0 Å². The second kappa shape index (κ2) is 9.84. The van der Waals surface area contributed by atoms with E-state index in [1.54, 1.807) is 41.3 Å². The van der Waals surface area contributed by atoms with Crippen molar-refractivity contribution in [3.8, 4) is 0 Å². The standard InChI is InChI=1S/C22H23F2NO4S/c23-22(24,16-6-2-1-3-7-16)13-4-8-17-12-15-29-21(28)25(17)14-5-9-18-10-11-19(30-18)20(26)27/h1-4,6-8,10-11,17H,5,9,12-15H2,(H,26,27)/b8-4+. The van der Waals surface area contributed by atoms with Crippen LogP contribution in [0.5, 0.6) is 0 Å². The topological polar surface area (TPSA) is 66.8 Å². The van der Waals surface area contributed by atoms with Crippen LogP contribution in [-0.4, -0.2) is 41.3 Å². The van der Waals surface area contributed by atoms with Crippen LogP contribution in [0.1, 0.15) is 39.4 Å². The first-order chi connectivity index (χ1) is 14.4. The average Bonchev–Trinajstić information content (AvgIpc) is 3.20. The molecule has 0 bridgehead atoms. The normalized spacial score (nSPS) is 17.3. The molecule has 0 spiro atoms. The highest BCUT2D eigenvalue weighted by Gasteiger charge is 2.31. The minimum absolute atomic E-state index is 0.0359. The van der Waals surface area contributed by atoms with Crippen molar-refractivity contribution in [1.82, 2.24) is 4.90 Å². The third-order valence-corrected chi connectivity index (χ3v) is 6.03. The van der Waals surface area contributed by atoms with Crippen LogP contribution in [0.15, 0.2) is 54.6 Å². The van der Waals surface area contributed by atoms with Crippen molar-refractivity contribution >= 4 is 23.4 Å². The number of alkyl halides is 2. The summed E-state index contributed by atoms with van der Waals surface area (Å²) in [7, 11) is 0. The lowest BCUT2D eigenvalue weighted by Crippen LogP contribution is -2.45. The number of cyclic esters (lactones) is 1. The summed E-state index contributed by atoms with van der Waals surface area (Å²) in [6.07, 6.45) is 3.99. The predicted molar refractivity (Wildman–Crippen MR) is 110 cm³/mol. The molecule has 1 aromatic heterocycles. The van der Waals surface area contributed by atoms with Crippen LogP contribution in [0.25, 0.3) is 0 Å². The number of carboxylic acids is 1. The van der Waals surface area contributed by atoms with Crippen molar-refractivity contribution < 1.29 is 28.2 Å². The first kappa shape index (κ1) is 22.0. The Balaban J connectivity index is 1.56. The number of aromatic carboxylic acids is 1. The summed E-state index contributed by atoms with van der Waals surface area (Å²) in [6, 6.07) is 10.7. The van der Waals surface area contributed by atoms with E-state index in [0.29, 0.717) is 25.8 Å². The Kier molecular flexibility index (Phi) is 7.20. The monoisotopic (exact) mass is 435 g/mol. The summed E-state index contributed by atoms with van der Waals surface area (Å²) in [5.41, 5.74) is -0.0359. The lowest BCUT2D eigenvalue weighted by atomic mass is 10.0. The Morgan fingerprint density at radius 2 is 2.03 bits per heavy atom. The molecule has 0 saturated carbocycles. The molecule has 2 heterocycles. The summed E-state index contributed by atoms with van der Waals surface area (Å²) in [4.78, 5) is 25.9. The van der Waals surface area contributed by atoms with Gasteiger partial charge in [-0.15, -0.1) is 11.3 Å². The maximum atomic E-state index is 14.3. The van der Waals surface area contributed by atoms with Crippen LogP contribution >= 0.6 is 11.3 Å². The van der Waals surface area contributed by atoms with Crippen LogP contribution in [0, 0.1) is 0 Å². The first-order valence-electron chi connectivity index (χ1n) is 9.72. The number of ether oxygens (including phenoxy) is 1. The zero-order valence-electron chi connectivity index (χ0n) is 16.3. The summed E-state index contributed by atoms with van der Waals surface area (Å²) >= 11 is 1.21. The number of carbonyl (C=O) groups is 2. The molecule has 2 aromatic rings. The molecule has 30 heavy (non-hydrogen) atoms. The van der Waals surface area contributed by atoms with Gasteiger partial charge in [0.2, 0.25) is 0 Å². The molecular weight excluding hydrogens is 412 g/mol. The van der Waals surface area contributed by atoms with Crippen molar-refractivity contribution in [2.24, 2.45) is 0 Å². The maximum absolute atomic E-state index is 14.3. The number of benzene rings is 1. The maximum Gasteiger partial charge on any atom is 0.410 e. The number of amides is 1. The number of allylic oxidation sites excluding steroid dienone is 1. The lowest BCUT2D eigenvalue weighted by molar-refractivity contribution is -0.00121. The Labute approximate surface area is 177 Å². The zero-order valence-corrected chi connectivity index (χ0v) is 17.1. The highest BCUT2D eigenvalue weighted by molar-refractivity contribution is 7.13. The zero-order chi connectivity index (χ0) is 21.6. The molecule has 0 radical (unpaired) electrons. The van der Waals surface area contributed by atoms with Gasteiger partial charge >= 0.3 is 12.1 Å². The number of halogens is 2. The van der Waals surface area contributed by atoms with Crippen molar-refractivity contribution in [2.45, 2.75) is 37.6 Å². The molecule has 1 amide bonds. The van der Waals surface area contributed by atoms with E-state index in [9.17, 15) is 18.4 Å². The predicted octanol–water partition coefficient (Wildman–Crippen LogP) is 5.33. The van der Waals surface area contributed by atoms with Gasteiger partial charge in [-0.1, -0.05) is 42.5 Å². The van der Waals surface area contributed by atoms with E-state index in [1.165, 1.54) is 29.5 Å². The summed E-state index contributed by atoms with van der Waals surface area (Å²) in [6.45, 7) is 0.662. The average molecular weight is 435 g/mol. The highest BCUT2D eigenvalue weighted by Crippen LogP contribution is 2.32. The van der Waals surface area contributed by atoms with E-state index in [2.05, 4.69) is 0 Å². The van der Waals surface area contributed by atoms with E-state index >= 15 is 0 Å². The smallest absolute Gasteiger partial charge is 0.410 e. The molecule has 3 rings (SSSR count). The van der Waals surface area contributed by atoms with Crippen LogP contribution in [-0.2, 0) is 17.1 Å².